The lowest BCUT2D eigenvalue weighted by atomic mass is 9.98. The standard InChI is InChI=1S/C13H19NO2/c1-9(2)11-5-3-10(4-6-11)7-12(14)8-13(15)16/h3-6,9,12H,7-8,14H2,1-2H3,(H,15,16). The molecule has 0 aliphatic heterocycles. The van der Waals surface area contributed by atoms with Gasteiger partial charge in [0.2, 0.25) is 0 Å². The summed E-state index contributed by atoms with van der Waals surface area (Å²) in [6.07, 6.45) is 0.636. The fourth-order valence-corrected chi connectivity index (χ4v) is 1.64. The van der Waals surface area contributed by atoms with E-state index in [-0.39, 0.29) is 12.5 Å². The van der Waals surface area contributed by atoms with Gasteiger partial charge in [0, 0.05) is 6.04 Å². The molecule has 0 aromatic heterocycles. The van der Waals surface area contributed by atoms with Gasteiger partial charge in [0.1, 0.15) is 0 Å². The first-order valence-corrected chi connectivity index (χ1v) is 5.55. The minimum absolute atomic E-state index is 0.0198. The van der Waals surface area contributed by atoms with Crippen LogP contribution in [0.3, 0.4) is 0 Å². The van der Waals surface area contributed by atoms with E-state index in [2.05, 4.69) is 26.0 Å². The van der Waals surface area contributed by atoms with Crippen molar-refractivity contribution in [2.24, 2.45) is 5.73 Å². The van der Waals surface area contributed by atoms with Crippen molar-refractivity contribution in [2.45, 2.75) is 38.6 Å². The molecule has 1 aromatic rings. The maximum Gasteiger partial charge on any atom is 0.304 e. The van der Waals surface area contributed by atoms with Gasteiger partial charge < -0.3 is 10.8 Å². The first-order valence-electron chi connectivity index (χ1n) is 5.55. The van der Waals surface area contributed by atoms with Crippen LogP contribution < -0.4 is 5.73 Å². The predicted octanol–water partition coefficient (Wildman–Crippen LogP) is 2.15. The van der Waals surface area contributed by atoms with Gasteiger partial charge in [-0.25, -0.2) is 0 Å². The zero-order valence-corrected chi connectivity index (χ0v) is 9.81. The summed E-state index contributed by atoms with van der Waals surface area (Å²) in [5.41, 5.74) is 8.11. The van der Waals surface area contributed by atoms with Crippen molar-refractivity contribution in [1.29, 1.82) is 0 Å². The van der Waals surface area contributed by atoms with Gasteiger partial charge in [-0.2, -0.15) is 0 Å². The summed E-state index contributed by atoms with van der Waals surface area (Å²) in [5, 5.41) is 8.60. The summed E-state index contributed by atoms with van der Waals surface area (Å²) < 4.78 is 0. The van der Waals surface area contributed by atoms with E-state index in [1.165, 1.54) is 5.56 Å². The molecule has 0 heterocycles. The molecule has 3 N–H and O–H groups in total. The van der Waals surface area contributed by atoms with Crippen LogP contribution in [0.5, 0.6) is 0 Å². The lowest BCUT2D eigenvalue weighted by Crippen LogP contribution is -2.26. The van der Waals surface area contributed by atoms with Crippen LogP contribution in [0.25, 0.3) is 0 Å². The highest BCUT2D eigenvalue weighted by Gasteiger charge is 2.09. The third-order valence-electron chi connectivity index (χ3n) is 2.58. The zero-order chi connectivity index (χ0) is 12.1. The van der Waals surface area contributed by atoms with Crippen molar-refractivity contribution in [2.75, 3.05) is 0 Å². The van der Waals surface area contributed by atoms with Crippen LogP contribution in [0.1, 0.15) is 37.3 Å². The van der Waals surface area contributed by atoms with Crippen molar-refractivity contribution < 1.29 is 9.90 Å². The van der Waals surface area contributed by atoms with Crippen LogP contribution >= 0.6 is 0 Å². The van der Waals surface area contributed by atoms with Crippen LogP contribution in [0.15, 0.2) is 24.3 Å². The number of carboxylic acids is 1. The molecule has 0 fully saturated rings. The Morgan fingerprint density at radius 1 is 1.31 bits per heavy atom. The molecule has 0 aliphatic carbocycles. The quantitative estimate of drug-likeness (QED) is 0.800. The largest absolute Gasteiger partial charge is 0.481 e. The third kappa shape index (κ3) is 4.03. The molecule has 1 rings (SSSR count). The monoisotopic (exact) mass is 221 g/mol. The Bertz CT molecular complexity index is 343. The van der Waals surface area contributed by atoms with E-state index in [9.17, 15) is 4.79 Å². The number of nitrogens with two attached hydrogens (primary N) is 1. The smallest absolute Gasteiger partial charge is 0.304 e. The normalized spacial score (nSPS) is 12.8. The van der Waals surface area contributed by atoms with Crippen molar-refractivity contribution in [3.05, 3.63) is 35.4 Å². The van der Waals surface area contributed by atoms with E-state index in [4.69, 9.17) is 10.8 Å². The Labute approximate surface area is 96.3 Å². The first-order chi connectivity index (χ1) is 7.49. The zero-order valence-electron chi connectivity index (χ0n) is 9.81. The molecular formula is C13H19NO2. The van der Waals surface area contributed by atoms with Gasteiger partial charge in [-0.3, -0.25) is 4.79 Å². The predicted molar refractivity (Wildman–Crippen MR) is 64.5 cm³/mol. The second kappa shape index (κ2) is 5.66. The number of carbonyl (C=O) groups is 1. The van der Waals surface area contributed by atoms with Gasteiger partial charge in [-0.1, -0.05) is 38.1 Å². The van der Waals surface area contributed by atoms with Crippen LogP contribution in [-0.4, -0.2) is 17.1 Å². The molecule has 1 unspecified atom stereocenters. The number of rotatable bonds is 5. The van der Waals surface area contributed by atoms with E-state index < -0.39 is 5.97 Å². The van der Waals surface area contributed by atoms with Gasteiger partial charge in [-0.15, -0.1) is 0 Å². The van der Waals surface area contributed by atoms with Gasteiger partial charge >= 0.3 is 5.97 Å². The molecule has 88 valence electrons. The summed E-state index contributed by atoms with van der Waals surface area (Å²) >= 11 is 0. The second-order valence-electron chi connectivity index (χ2n) is 4.46. The molecule has 0 aliphatic rings. The number of carboxylic acid groups (broad SMARTS) is 1. The maximum atomic E-state index is 10.5. The lowest BCUT2D eigenvalue weighted by molar-refractivity contribution is -0.137. The van der Waals surface area contributed by atoms with Crippen LogP contribution in [0.2, 0.25) is 0 Å². The summed E-state index contributed by atoms with van der Waals surface area (Å²) in [5.74, 6) is -0.326. The molecule has 0 radical (unpaired) electrons. The topological polar surface area (TPSA) is 63.3 Å². The molecule has 0 saturated heterocycles. The molecule has 3 nitrogen and oxygen atoms in total. The second-order valence-corrected chi connectivity index (χ2v) is 4.46. The molecule has 0 spiro atoms. The number of hydrogen-bond donors (Lipinski definition) is 2. The average molecular weight is 221 g/mol. The van der Waals surface area contributed by atoms with Gasteiger partial charge in [-0.05, 0) is 23.5 Å². The summed E-state index contributed by atoms with van der Waals surface area (Å²) in [4.78, 5) is 10.5. The first kappa shape index (κ1) is 12.7. The Morgan fingerprint density at radius 3 is 2.31 bits per heavy atom. The van der Waals surface area contributed by atoms with Crippen LogP contribution in [-0.2, 0) is 11.2 Å². The Kier molecular flexibility index (Phi) is 4.50. The number of benzene rings is 1. The highest BCUT2D eigenvalue weighted by molar-refractivity contribution is 5.67. The molecule has 0 saturated carbocycles. The molecule has 0 amide bonds. The van der Waals surface area contributed by atoms with Gasteiger partial charge in [0.15, 0.2) is 0 Å². The summed E-state index contributed by atoms with van der Waals surface area (Å²) in [6, 6.07) is 7.90. The third-order valence-corrected chi connectivity index (χ3v) is 2.58. The van der Waals surface area contributed by atoms with E-state index in [1.54, 1.807) is 0 Å². The van der Waals surface area contributed by atoms with Crippen molar-refractivity contribution in [3.63, 3.8) is 0 Å². The number of aliphatic carboxylic acids is 1. The van der Waals surface area contributed by atoms with Gasteiger partial charge in [0.25, 0.3) is 0 Å². The summed E-state index contributed by atoms with van der Waals surface area (Å²) in [7, 11) is 0. The lowest BCUT2D eigenvalue weighted by Gasteiger charge is -2.10. The molecule has 16 heavy (non-hydrogen) atoms. The van der Waals surface area contributed by atoms with Crippen molar-refractivity contribution >= 4 is 5.97 Å². The van der Waals surface area contributed by atoms with E-state index in [1.807, 2.05) is 12.1 Å². The van der Waals surface area contributed by atoms with Crippen molar-refractivity contribution in [1.82, 2.24) is 0 Å². The average Bonchev–Trinajstić information content (AvgIpc) is 2.16. The van der Waals surface area contributed by atoms with E-state index >= 15 is 0 Å². The van der Waals surface area contributed by atoms with E-state index in [0.29, 0.717) is 12.3 Å². The van der Waals surface area contributed by atoms with E-state index in [0.717, 1.165) is 5.56 Å². The molecule has 1 aromatic carbocycles. The SMILES string of the molecule is CC(C)c1ccc(CC(N)CC(=O)O)cc1. The molecular weight excluding hydrogens is 202 g/mol. The summed E-state index contributed by atoms with van der Waals surface area (Å²) in [6.45, 7) is 4.29. The fourth-order valence-electron chi connectivity index (χ4n) is 1.64. The minimum Gasteiger partial charge on any atom is -0.481 e. The number of hydrogen-bond acceptors (Lipinski definition) is 2. The highest BCUT2D eigenvalue weighted by atomic mass is 16.4. The van der Waals surface area contributed by atoms with Gasteiger partial charge in [0.05, 0.1) is 6.42 Å². The molecule has 0 bridgehead atoms. The molecule has 3 heteroatoms. The fraction of sp³-hybridized carbons (Fsp3) is 0.462. The highest BCUT2D eigenvalue weighted by Crippen LogP contribution is 2.15. The van der Waals surface area contributed by atoms with Crippen LogP contribution in [0.4, 0.5) is 0 Å². The molecule has 1 atom stereocenters. The maximum absolute atomic E-state index is 10.5. The Hall–Kier alpha value is -1.35. The van der Waals surface area contributed by atoms with Crippen LogP contribution in [0, 0.1) is 0 Å². The Morgan fingerprint density at radius 2 is 1.88 bits per heavy atom. The minimum atomic E-state index is -0.841. The van der Waals surface area contributed by atoms with Crippen molar-refractivity contribution in [3.8, 4) is 0 Å². The Balaban J connectivity index is 2.58.